The minimum atomic E-state index is -0.876. The van der Waals surface area contributed by atoms with E-state index in [4.69, 9.17) is 5.26 Å². The van der Waals surface area contributed by atoms with Crippen LogP contribution in [0.25, 0.3) is 0 Å². The Bertz CT molecular complexity index is 262. The van der Waals surface area contributed by atoms with Crippen molar-refractivity contribution in [2.75, 3.05) is 0 Å². The average Bonchev–Trinajstić information content (AvgIpc) is 2.18. The predicted octanol–water partition coefficient (Wildman–Crippen LogP) is 1.29. The molecule has 3 nitrogen and oxygen atoms in total. The first-order valence-electron chi connectivity index (χ1n) is 5.11. The fraction of sp³-hybridized carbons (Fsp3) is 0.800. The number of aliphatic hydroxyl groups excluding tert-OH is 1. The Morgan fingerprint density at radius 3 is 2.43 bits per heavy atom. The lowest BCUT2D eigenvalue weighted by atomic mass is 9.39. The molecule has 0 saturated carbocycles. The average molecular weight is 193 g/mol. The molecule has 1 aliphatic rings. The maximum Gasteiger partial charge on any atom is 0.267 e. The van der Waals surface area contributed by atoms with Crippen LogP contribution in [0.4, 0.5) is 0 Å². The normalized spacial score (nSPS) is 22.6. The number of aliphatic hydroxyl groups is 1. The van der Waals surface area contributed by atoms with Crippen molar-refractivity contribution < 1.29 is 9.90 Å². The lowest BCUT2D eigenvalue weighted by molar-refractivity contribution is -0.136. The number of rotatable bonds is 2. The summed E-state index contributed by atoms with van der Waals surface area (Å²) in [6, 6.07) is 0. The van der Waals surface area contributed by atoms with Gasteiger partial charge in [0.2, 0.25) is 0 Å². The van der Waals surface area contributed by atoms with Crippen LogP contribution in [-0.4, -0.2) is 23.7 Å². The van der Waals surface area contributed by atoms with E-state index in [0.717, 1.165) is 25.5 Å². The first-order valence-corrected chi connectivity index (χ1v) is 5.11. The van der Waals surface area contributed by atoms with Crippen molar-refractivity contribution in [2.45, 2.75) is 45.4 Å². The zero-order valence-electron chi connectivity index (χ0n) is 8.79. The molecular formula is C10H16BNO2. The fourth-order valence-corrected chi connectivity index (χ4v) is 2.13. The molecule has 4 heteroatoms. The summed E-state index contributed by atoms with van der Waals surface area (Å²) in [4.78, 5) is 11.7. The number of carbonyl (C=O) groups is 1. The number of carbonyl (C=O) groups excluding carboxylic acids is 1. The summed E-state index contributed by atoms with van der Waals surface area (Å²) in [6.07, 6.45) is 2.15. The van der Waals surface area contributed by atoms with E-state index in [1.54, 1.807) is 0 Å². The van der Waals surface area contributed by atoms with Crippen LogP contribution in [0.5, 0.6) is 0 Å². The molecule has 0 aromatic rings. The number of hydrogen-bond donors (Lipinski definition) is 1. The van der Waals surface area contributed by atoms with Crippen molar-refractivity contribution in [1.82, 2.24) is 0 Å². The van der Waals surface area contributed by atoms with E-state index >= 15 is 0 Å². The lowest BCUT2D eigenvalue weighted by Crippen LogP contribution is -2.39. The Balaban J connectivity index is 2.62. The predicted molar refractivity (Wildman–Crippen MR) is 55.0 cm³/mol. The summed E-state index contributed by atoms with van der Waals surface area (Å²) in [7, 11) is 0. The van der Waals surface area contributed by atoms with Crippen LogP contribution < -0.4 is 0 Å². The number of Topliss-reactive ketones (excluding diaryl/α,β-unsaturated/α-hetero) is 1. The summed E-state index contributed by atoms with van der Waals surface area (Å²) >= 11 is 0. The van der Waals surface area contributed by atoms with Gasteiger partial charge in [-0.3, -0.25) is 4.79 Å². The highest BCUT2D eigenvalue weighted by atomic mass is 16.3. The van der Waals surface area contributed by atoms with E-state index in [1.807, 2.05) is 6.92 Å². The Morgan fingerprint density at radius 1 is 1.57 bits per heavy atom. The molecule has 14 heavy (non-hydrogen) atoms. The number of nitrogens with zero attached hydrogens (tertiary/aromatic N) is 1. The van der Waals surface area contributed by atoms with Gasteiger partial charge in [0.25, 0.3) is 6.71 Å². The third kappa shape index (κ3) is 2.16. The highest BCUT2D eigenvalue weighted by Gasteiger charge is 2.40. The van der Waals surface area contributed by atoms with Crippen LogP contribution in [0, 0.1) is 16.6 Å². The van der Waals surface area contributed by atoms with Gasteiger partial charge in [-0.2, -0.15) is 0 Å². The summed E-state index contributed by atoms with van der Waals surface area (Å²) in [5.74, 6) is 2.16. The third-order valence-electron chi connectivity index (χ3n) is 3.25. The van der Waals surface area contributed by atoms with Crippen LogP contribution in [0.2, 0.25) is 12.6 Å². The van der Waals surface area contributed by atoms with E-state index in [2.05, 4.69) is 5.97 Å². The molecule has 1 aliphatic heterocycles. The Hall–Kier alpha value is -0.815. The molecular weight excluding hydrogens is 177 g/mol. The second-order valence-electron chi connectivity index (χ2n) is 4.50. The van der Waals surface area contributed by atoms with E-state index in [1.165, 1.54) is 6.92 Å². The van der Waals surface area contributed by atoms with Gasteiger partial charge in [0.15, 0.2) is 5.78 Å². The third-order valence-corrected chi connectivity index (χ3v) is 3.25. The molecule has 1 N–H and O–H groups in total. The smallest absolute Gasteiger partial charge is 0.267 e. The van der Waals surface area contributed by atoms with E-state index in [0.29, 0.717) is 0 Å². The molecule has 0 bridgehead atoms. The molecule has 0 spiro atoms. The number of ketones is 1. The van der Waals surface area contributed by atoms with Gasteiger partial charge in [0.1, 0.15) is 6.10 Å². The van der Waals surface area contributed by atoms with Gasteiger partial charge >= 0.3 is 0 Å². The van der Waals surface area contributed by atoms with Gasteiger partial charge in [0.05, 0.1) is 0 Å². The van der Waals surface area contributed by atoms with Crippen molar-refractivity contribution >= 4 is 12.5 Å². The van der Waals surface area contributed by atoms with Gasteiger partial charge < -0.3 is 5.11 Å². The summed E-state index contributed by atoms with van der Waals surface area (Å²) in [5.41, 5.74) is -0.401. The van der Waals surface area contributed by atoms with Crippen molar-refractivity contribution in [3.63, 3.8) is 0 Å². The van der Waals surface area contributed by atoms with Crippen molar-refractivity contribution in [2.24, 2.45) is 5.41 Å². The van der Waals surface area contributed by atoms with Crippen molar-refractivity contribution in [1.29, 1.82) is 5.26 Å². The maximum atomic E-state index is 11.7. The van der Waals surface area contributed by atoms with Crippen LogP contribution >= 0.6 is 0 Å². The van der Waals surface area contributed by atoms with Gasteiger partial charge in [-0.05, 0) is 19.8 Å². The molecule has 76 valence electrons. The number of hydrogen-bond acceptors (Lipinski definition) is 3. The number of nitriles is 1. The standard InChI is InChI=1S/C10H16BNO2/c1-8(13)9(14)10(2)3-5-11(7-12)6-4-10/h8,13H,3-6H2,1-2H3. The highest BCUT2D eigenvalue weighted by Crippen LogP contribution is 2.37. The van der Waals surface area contributed by atoms with E-state index in [9.17, 15) is 9.90 Å². The summed E-state index contributed by atoms with van der Waals surface area (Å²) < 4.78 is 0. The maximum absolute atomic E-state index is 11.7. The minimum absolute atomic E-state index is 0.0751. The SMILES string of the molecule is CC(O)C(=O)C1(C)CCB(C#N)CC1. The molecule has 0 aromatic heterocycles. The molecule has 1 fully saturated rings. The highest BCUT2D eigenvalue weighted by molar-refractivity contribution is 6.67. The fourth-order valence-electron chi connectivity index (χ4n) is 2.13. The molecule has 0 radical (unpaired) electrons. The molecule has 0 amide bonds. The summed E-state index contributed by atoms with van der Waals surface area (Å²) in [6.45, 7) is 3.52. The Kier molecular flexibility index (Phi) is 3.33. The van der Waals surface area contributed by atoms with Gasteiger partial charge in [-0.1, -0.05) is 19.6 Å². The quantitative estimate of drug-likeness (QED) is 0.672. The van der Waals surface area contributed by atoms with Crippen LogP contribution in [0.3, 0.4) is 0 Å². The second kappa shape index (κ2) is 4.14. The van der Waals surface area contributed by atoms with E-state index < -0.39 is 11.5 Å². The minimum Gasteiger partial charge on any atom is -0.386 e. The molecule has 1 heterocycles. The van der Waals surface area contributed by atoms with E-state index in [-0.39, 0.29) is 12.5 Å². The van der Waals surface area contributed by atoms with Gasteiger partial charge in [-0.15, -0.1) is 0 Å². The molecule has 1 atom stereocenters. The van der Waals surface area contributed by atoms with Crippen LogP contribution in [0.1, 0.15) is 26.7 Å². The molecule has 1 rings (SSSR count). The topological polar surface area (TPSA) is 61.1 Å². The second-order valence-corrected chi connectivity index (χ2v) is 4.50. The summed E-state index contributed by atoms with van der Waals surface area (Å²) in [5, 5.41) is 18.0. The molecule has 1 unspecified atom stereocenters. The monoisotopic (exact) mass is 193 g/mol. The largest absolute Gasteiger partial charge is 0.386 e. The zero-order chi connectivity index (χ0) is 10.8. The molecule has 1 saturated heterocycles. The Morgan fingerprint density at radius 2 is 2.07 bits per heavy atom. The van der Waals surface area contributed by atoms with Crippen molar-refractivity contribution in [3.05, 3.63) is 0 Å². The first kappa shape index (κ1) is 11.3. The van der Waals surface area contributed by atoms with Crippen LogP contribution in [-0.2, 0) is 4.79 Å². The van der Waals surface area contributed by atoms with Crippen LogP contribution in [0.15, 0.2) is 0 Å². The lowest BCUT2D eigenvalue weighted by Gasteiger charge is -2.33. The zero-order valence-corrected chi connectivity index (χ0v) is 8.79. The first-order chi connectivity index (χ1) is 6.49. The Labute approximate surface area is 85.2 Å². The van der Waals surface area contributed by atoms with Crippen molar-refractivity contribution in [3.8, 4) is 5.97 Å². The molecule has 0 aromatic carbocycles. The van der Waals surface area contributed by atoms with Gasteiger partial charge in [-0.25, -0.2) is 5.26 Å². The molecule has 0 aliphatic carbocycles. The van der Waals surface area contributed by atoms with Gasteiger partial charge in [0, 0.05) is 11.4 Å².